The van der Waals surface area contributed by atoms with Crippen LogP contribution in [0.5, 0.6) is 0 Å². The maximum atomic E-state index is 11.9. The molecule has 0 aromatic heterocycles. The molecule has 3 heteroatoms. The summed E-state index contributed by atoms with van der Waals surface area (Å²) >= 11 is 0. The number of ketones is 1. The summed E-state index contributed by atoms with van der Waals surface area (Å²) in [6, 6.07) is 7.84. The van der Waals surface area contributed by atoms with Crippen molar-refractivity contribution in [1.82, 2.24) is 0 Å². The summed E-state index contributed by atoms with van der Waals surface area (Å²) in [7, 11) is 0. The summed E-state index contributed by atoms with van der Waals surface area (Å²) in [5, 5.41) is 0. The quantitative estimate of drug-likeness (QED) is 0.577. The minimum atomic E-state index is -0.300. The number of carbonyl (C=O) groups excluding carboxylic acids is 2. The van der Waals surface area contributed by atoms with Gasteiger partial charge in [-0.05, 0) is 30.7 Å². The van der Waals surface area contributed by atoms with E-state index in [-0.39, 0.29) is 11.7 Å². The molecule has 3 nitrogen and oxygen atoms in total. The van der Waals surface area contributed by atoms with Gasteiger partial charge in [0.1, 0.15) is 0 Å². The molecule has 104 valence electrons. The van der Waals surface area contributed by atoms with Crippen LogP contribution in [0.15, 0.2) is 24.3 Å². The third-order valence-electron chi connectivity index (χ3n) is 3.00. The van der Waals surface area contributed by atoms with E-state index in [4.69, 9.17) is 5.73 Å². The fraction of sp³-hybridized carbons (Fsp3) is 0.500. The van der Waals surface area contributed by atoms with Crippen LogP contribution >= 0.6 is 0 Å². The highest BCUT2D eigenvalue weighted by Crippen LogP contribution is 2.12. The second-order valence-electron chi connectivity index (χ2n) is 5.39. The highest BCUT2D eigenvalue weighted by Gasteiger charge is 2.06. The van der Waals surface area contributed by atoms with E-state index in [1.54, 1.807) is 0 Å². The monoisotopic (exact) mass is 261 g/mol. The Morgan fingerprint density at radius 3 is 2.16 bits per heavy atom. The first-order valence-corrected chi connectivity index (χ1v) is 6.89. The van der Waals surface area contributed by atoms with E-state index in [1.807, 2.05) is 24.3 Å². The van der Waals surface area contributed by atoms with E-state index in [0.717, 1.165) is 18.4 Å². The molecule has 0 aliphatic carbocycles. The van der Waals surface area contributed by atoms with Crippen molar-refractivity contribution in [2.75, 3.05) is 0 Å². The first-order chi connectivity index (χ1) is 8.99. The molecule has 1 aromatic rings. The Labute approximate surface area is 115 Å². The number of hydrogen-bond donors (Lipinski definition) is 1. The molecule has 0 atom stereocenters. The molecule has 0 unspecified atom stereocenters. The average molecular weight is 261 g/mol. The van der Waals surface area contributed by atoms with E-state index < -0.39 is 0 Å². The minimum Gasteiger partial charge on any atom is -0.370 e. The number of primary amides is 1. The van der Waals surface area contributed by atoms with Crippen molar-refractivity contribution in [3.8, 4) is 0 Å². The van der Waals surface area contributed by atoms with E-state index in [1.165, 1.54) is 5.56 Å². The zero-order chi connectivity index (χ0) is 14.3. The summed E-state index contributed by atoms with van der Waals surface area (Å²) in [5.74, 6) is 0.460. The molecule has 1 rings (SSSR count). The van der Waals surface area contributed by atoms with Gasteiger partial charge < -0.3 is 5.73 Å². The summed E-state index contributed by atoms with van der Waals surface area (Å²) in [5.41, 5.74) is 7.07. The maximum absolute atomic E-state index is 11.9. The smallest absolute Gasteiger partial charge is 0.217 e. The lowest BCUT2D eigenvalue weighted by atomic mass is 9.99. The topological polar surface area (TPSA) is 60.2 Å². The number of Topliss-reactive ketones (excluding diaryl/α,β-unsaturated/α-hetero) is 1. The molecule has 0 fully saturated rings. The third kappa shape index (κ3) is 6.18. The van der Waals surface area contributed by atoms with Gasteiger partial charge >= 0.3 is 0 Å². The molecule has 0 radical (unpaired) electrons. The Morgan fingerprint density at radius 2 is 1.63 bits per heavy atom. The first kappa shape index (κ1) is 15.4. The molecule has 1 amide bonds. The van der Waals surface area contributed by atoms with Gasteiger partial charge in [0.15, 0.2) is 5.78 Å². The van der Waals surface area contributed by atoms with Crippen LogP contribution in [0.1, 0.15) is 55.5 Å². The average Bonchev–Trinajstić information content (AvgIpc) is 2.34. The summed E-state index contributed by atoms with van der Waals surface area (Å²) in [6.07, 6.45) is 3.28. The molecular formula is C16H23NO2. The lowest BCUT2D eigenvalue weighted by molar-refractivity contribution is -0.118. The van der Waals surface area contributed by atoms with Gasteiger partial charge in [-0.25, -0.2) is 0 Å². The van der Waals surface area contributed by atoms with Crippen molar-refractivity contribution in [1.29, 1.82) is 0 Å². The Balaban J connectivity index is 2.42. The summed E-state index contributed by atoms with van der Waals surface area (Å²) in [4.78, 5) is 22.5. The Kier molecular flexibility index (Phi) is 6.26. The fourth-order valence-corrected chi connectivity index (χ4v) is 2.03. The van der Waals surface area contributed by atoms with E-state index >= 15 is 0 Å². The zero-order valence-electron chi connectivity index (χ0n) is 11.8. The standard InChI is InChI=1S/C16H23NO2/c1-12(2)11-13-7-9-14(10-8-13)15(18)5-3-4-6-16(17)19/h7-10,12H,3-6,11H2,1-2H3,(H2,17,19). The van der Waals surface area contributed by atoms with E-state index in [9.17, 15) is 9.59 Å². The van der Waals surface area contributed by atoms with Crippen LogP contribution in [0.2, 0.25) is 0 Å². The largest absolute Gasteiger partial charge is 0.370 e. The van der Waals surface area contributed by atoms with Crippen LogP contribution in [0.4, 0.5) is 0 Å². The molecule has 0 spiro atoms. The zero-order valence-corrected chi connectivity index (χ0v) is 11.8. The van der Waals surface area contributed by atoms with Crippen LogP contribution in [0.25, 0.3) is 0 Å². The number of hydrogen-bond acceptors (Lipinski definition) is 2. The fourth-order valence-electron chi connectivity index (χ4n) is 2.03. The Morgan fingerprint density at radius 1 is 1.05 bits per heavy atom. The third-order valence-corrected chi connectivity index (χ3v) is 3.00. The molecule has 0 saturated heterocycles. The molecule has 0 aliphatic heterocycles. The lowest BCUT2D eigenvalue weighted by Crippen LogP contribution is -2.10. The van der Waals surface area contributed by atoms with Gasteiger partial charge in [-0.3, -0.25) is 9.59 Å². The van der Waals surface area contributed by atoms with Gasteiger partial charge in [0.05, 0.1) is 0 Å². The number of carbonyl (C=O) groups is 2. The highest BCUT2D eigenvalue weighted by molar-refractivity contribution is 5.96. The van der Waals surface area contributed by atoms with E-state index in [0.29, 0.717) is 25.2 Å². The molecule has 2 N–H and O–H groups in total. The van der Waals surface area contributed by atoms with Gasteiger partial charge in [0.25, 0.3) is 0 Å². The van der Waals surface area contributed by atoms with Gasteiger partial charge in [0, 0.05) is 18.4 Å². The first-order valence-electron chi connectivity index (χ1n) is 6.89. The van der Waals surface area contributed by atoms with Crippen molar-refractivity contribution in [2.45, 2.75) is 46.0 Å². The van der Waals surface area contributed by atoms with Crippen molar-refractivity contribution in [3.05, 3.63) is 35.4 Å². The Bertz CT molecular complexity index is 421. The Hall–Kier alpha value is -1.64. The van der Waals surface area contributed by atoms with Gasteiger partial charge in [-0.2, -0.15) is 0 Å². The second kappa shape index (κ2) is 7.72. The minimum absolute atomic E-state index is 0.139. The molecule has 0 saturated carbocycles. The van der Waals surface area contributed by atoms with Crippen molar-refractivity contribution in [3.63, 3.8) is 0 Å². The van der Waals surface area contributed by atoms with Crippen LogP contribution in [-0.2, 0) is 11.2 Å². The van der Waals surface area contributed by atoms with Crippen LogP contribution in [-0.4, -0.2) is 11.7 Å². The molecule has 0 bridgehead atoms. The van der Waals surface area contributed by atoms with Crippen LogP contribution < -0.4 is 5.73 Å². The molecule has 0 aliphatic rings. The summed E-state index contributed by atoms with van der Waals surface area (Å²) < 4.78 is 0. The number of nitrogens with two attached hydrogens (primary N) is 1. The normalized spacial score (nSPS) is 10.7. The van der Waals surface area contributed by atoms with Crippen molar-refractivity contribution >= 4 is 11.7 Å². The van der Waals surface area contributed by atoms with E-state index in [2.05, 4.69) is 13.8 Å². The molecule has 19 heavy (non-hydrogen) atoms. The van der Waals surface area contributed by atoms with Crippen LogP contribution in [0, 0.1) is 5.92 Å². The highest BCUT2D eigenvalue weighted by atomic mass is 16.1. The molecule has 1 aromatic carbocycles. The number of amides is 1. The second-order valence-corrected chi connectivity index (χ2v) is 5.39. The number of benzene rings is 1. The number of rotatable bonds is 8. The predicted octanol–water partition coefficient (Wildman–Crippen LogP) is 3.11. The maximum Gasteiger partial charge on any atom is 0.217 e. The van der Waals surface area contributed by atoms with Gasteiger partial charge in [-0.15, -0.1) is 0 Å². The number of unbranched alkanes of at least 4 members (excludes halogenated alkanes) is 1. The SMILES string of the molecule is CC(C)Cc1ccc(C(=O)CCCCC(N)=O)cc1. The van der Waals surface area contributed by atoms with Crippen molar-refractivity contribution < 1.29 is 9.59 Å². The summed E-state index contributed by atoms with van der Waals surface area (Å²) in [6.45, 7) is 4.36. The molecule has 0 heterocycles. The van der Waals surface area contributed by atoms with Crippen LogP contribution in [0.3, 0.4) is 0 Å². The van der Waals surface area contributed by atoms with Gasteiger partial charge in [0.2, 0.25) is 5.91 Å². The predicted molar refractivity (Wildman–Crippen MR) is 77.0 cm³/mol. The molecular weight excluding hydrogens is 238 g/mol. The van der Waals surface area contributed by atoms with Gasteiger partial charge in [-0.1, -0.05) is 38.1 Å². The van der Waals surface area contributed by atoms with Crippen molar-refractivity contribution in [2.24, 2.45) is 11.7 Å². The lowest BCUT2D eigenvalue weighted by Gasteiger charge is -2.06.